The Morgan fingerprint density at radius 3 is 2.58 bits per heavy atom. The molecule has 3 aromatic heterocycles. The minimum atomic E-state index is -0.721. The summed E-state index contributed by atoms with van der Waals surface area (Å²) in [6.07, 6.45) is 5.65. The molecule has 0 bridgehead atoms. The first kappa shape index (κ1) is 37.2. The van der Waals surface area contributed by atoms with Crippen molar-refractivity contribution in [3.63, 3.8) is 0 Å². The second-order valence-electron chi connectivity index (χ2n) is 15.4. The quantitative estimate of drug-likeness (QED) is 0.140. The van der Waals surface area contributed by atoms with E-state index in [0.717, 1.165) is 33.1 Å². The third-order valence-corrected chi connectivity index (χ3v) is 10.6. The predicted molar refractivity (Wildman–Crippen MR) is 214 cm³/mol. The summed E-state index contributed by atoms with van der Waals surface area (Å²) >= 11 is 0. The Bertz CT molecular complexity index is 2830. The molecule has 2 aliphatic rings. The van der Waals surface area contributed by atoms with Crippen LogP contribution in [0.2, 0.25) is 0 Å². The first-order valence-corrected chi connectivity index (χ1v) is 18.7. The number of benzene rings is 3. The molecular formula is C45H40FN5O6. The first-order chi connectivity index (χ1) is 27.2. The molecule has 1 unspecified atom stereocenters. The number of carbonyl (C=O) groups excluding carboxylic acids is 3. The number of ether oxygens (including phenoxy) is 1. The van der Waals surface area contributed by atoms with E-state index in [1.807, 2.05) is 32.1 Å². The van der Waals surface area contributed by atoms with Crippen molar-refractivity contribution >= 4 is 45.3 Å². The summed E-state index contributed by atoms with van der Waals surface area (Å²) in [5, 5.41) is 5.87. The summed E-state index contributed by atoms with van der Waals surface area (Å²) in [6, 6.07) is 15.7. The van der Waals surface area contributed by atoms with E-state index < -0.39 is 23.2 Å². The van der Waals surface area contributed by atoms with Gasteiger partial charge < -0.3 is 14.5 Å². The number of amides is 3. The van der Waals surface area contributed by atoms with Crippen molar-refractivity contribution in [2.45, 2.75) is 58.0 Å². The molecule has 8 rings (SSSR count). The first-order valence-electron chi connectivity index (χ1n) is 18.7. The molecule has 1 atom stereocenters. The van der Waals surface area contributed by atoms with Gasteiger partial charge in [0.15, 0.2) is 0 Å². The Labute approximate surface area is 327 Å². The number of imidazole rings is 1. The molecule has 3 aromatic carbocycles. The summed E-state index contributed by atoms with van der Waals surface area (Å²) in [7, 11) is 3.53. The number of carbonyl (C=O) groups is 3. The molecule has 11 nitrogen and oxygen atoms in total. The smallest absolute Gasteiger partial charge is 0.328 e. The van der Waals surface area contributed by atoms with Gasteiger partial charge in [0.2, 0.25) is 11.8 Å². The highest BCUT2D eigenvalue weighted by atomic mass is 19.1. The summed E-state index contributed by atoms with van der Waals surface area (Å²) < 4.78 is 31.4. The maximum absolute atomic E-state index is 16.1. The van der Waals surface area contributed by atoms with E-state index in [-0.39, 0.29) is 47.6 Å². The number of rotatable bonds is 6. The van der Waals surface area contributed by atoms with Crippen molar-refractivity contribution in [3.05, 3.63) is 123 Å². The summed E-state index contributed by atoms with van der Waals surface area (Å²) in [4.78, 5) is 54.3. The third-order valence-electron chi connectivity index (χ3n) is 10.6. The fourth-order valence-electron chi connectivity index (χ4n) is 7.76. The van der Waals surface area contributed by atoms with Gasteiger partial charge in [-0.2, -0.15) is 0 Å². The molecule has 1 fully saturated rings. The van der Waals surface area contributed by atoms with Gasteiger partial charge in [-0.1, -0.05) is 31.8 Å². The minimum Gasteiger partial charge on any atom is -0.483 e. The molecule has 288 valence electrons. The Kier molecular flexibility index (Phi) is 9.19. The second kappa shape index (κ2) is 14.1. The number of imide groups is 1. The predicted octanol–water partition coefficient (Wildman–Crippen LogP) is 6.85. The van der Waals surface area contributed by atoms with Crippen LogP contribution >= 0.6 is 0 Å². The molecule has 12 heteroatoms. The minimum absolute atomic E-state index is 0.0420. The van der Waals surface area contributed by atoms with Crippen molar-refractivity contribution in [2.75, 3.05) is 6.54 Å². The van der Waals surface area contributed by atoms with Crippen molar-refractivity contribution in [1.82, 2.24) is 24.8 Å². The zero-order valence-electron chi connectivity index (χ0n) is 32.4. The molecule has 0 radical (unpaired) electrons. The van der Waals surface area contributed by atoms with E-state index in [4.69, 9.17) is 9.15 Å². The highest BCUT2D eigenvalue weighted by molar-refractivity contribution is 6.03. The third kappa shape index (κ3) is 6.79. The van der Waals surface area contributed by atoms with E-state index in [9.17, 15) is 19.2 Å². The largest absolute Gasteiger partial charge is 0.483 e. The van der Waals surface area contributed by atoms with Crippen molar-refractivity contribution in [2.24, 2.45) is 14.1 Å². The normalized spacial score (nSPS) is 16.1. The van der Waals surface area contributed by atoms with Gasteiger partial charge >= 0.3 is 5.69 Å². The van der Waals surface area contributed by atoms with E-state index in [2.05, 4.69) is 47.4 Å². The van der Waals surface area contributed by atoms with E-state index >= 15 is 4.39 Å². The van der Waals surface area contributed by atoms with Gasteiger partial charge in [0.25, 0.3) is 5.91 Å². The van der Waals surface area contributed by atoms with E-state index in [1.54, 1.807) is 53.8 Å². The number of hydrogen-bond donors (Lipinski definition) is 2. The van der Waals surface area contributed by atoms with E-state index in [0.29, 0.717) is 40.0 Å². The van der Waals surface area contributed by atoms with Crippen molar-refractivity contribution in [1.29, 1.82) is 0 Å². The van der Waals surface area contributed by atoms with Crippen molar-refractivity contribution in [3.8, 4) is 28.7 Å². The number of hydrogen-bond acceptors (Lipinski definition) is 7. The number of nitrogens with zero attached hydrogens (tertiary/aromatic N) is 3. The Hall–Kier alpha value is -6.74. The van der Waals surface area contributed by atoms with Gasteiger partial charge in [0.1, 0.15) is 28.4 Å². The second-order valence-corrected chi connectivity index (χ2v) is 15.4. The zero-order chi connectivity index (χ0) is 40.3. The molecule has 0 aliphatic carbocycles. The number of halogens is 1. The Balaban J connectivity index is 0.996. The Morgan fingerprint density at radius 1 is 1.04 bits per heavy atom. The zero-order valence-corrected chi connectivity index (χ0v) is 32.4. The molecule has 57 heavy (non-hydrogen) atoms. The average Bonchev–Trinajstić information content (AvgIpc) is 3.69. The van der Waals surface area contributed by atoms with Crippen LogP contribution in [-0.4, -0.2) is 44.0 Å². The van der Waals surface area contributed by atoms with E-state index in [1.165, 1.54) is 18.3 Å². The van der Waals surface area contributed by atoms with Crippen LogP contribution in [0.25, 0.3) is 38.7 Å². The van der Waals surface area contributed by atoms with Crippen LogP contribution in [0.15, 0.2) is 82.3 Å². The molecule has 2 N–H and O–H groups in total. The topological polar surface area (TPSA) is 137 Å². The van der Waals surface area contributed by atoms with Crippen LogP contribution in [0, 0.1) is 17.7 Å². The highest BCUT2D eigenvalue weighted by Gasteiger charge is 2.32. The number of furan rings is 1. The molecule has 2 aliphatic heterocycles. The summed E-state index contributed by atoms with van der Waals surface area (Å²) in [6.45, 7) is 8.10. The standard InChI is InChI=1S/C45H40FN5O6/c1-24(2)29-17-27(18-37-41(29)51(6)44(55)50(37)5)33-21-45(3,4)57-39-20-30(35(46)19-32(33)39)26-10-12-36(48-22-26)43(54)47-15-7-8-25-9-13-38-31(16-25)34(23-56-38)28-11-14-40(52)49-42(28)53/h9-10,12-13,16-24,28H,11,14-15H2,1-6H3,(H,47,54)(H,49,52,53). The molecular weight excluding hydrogens is 726 g/mol. The molecule has 3 amide bonds. The fourth-order valence-corrected chi connectivity index (χ4v) is 7.76. The SMILES string of the molecule is CC(C)c1cc(C2=CC(C)(C)Oc3cc(-c4ccc(C(=O)NCC#Cc5ccc6occ(C7CCC(=O)NC7=O)c6c5)nc4)c(F)cc32)cc2c1n(C)c(=O)n2C. The lowest BCUT2D eigenvalue weighted by atomic mass is 9.86. The molecule has 1 saturated heterocycles. The van der Waals surface area contributed by atoms with Crippen LogP contribution in [0.1, 0.15) is 90.7 Å². The number of piperidine rings is 1. The lowest BCUT2D eigenvalue weighted by Gasteiger charge is -2.32. The number of pyridine rings is 1. The average molecular weight is 766 g/mol. The fraction of sp³-hybridized carbons (Fsp3) is 0.267. The number of aromatic nitrogens is 3. The monoisotopic (exact) mass is 765 g/mol. The maximum atomic E-state index is 16.1. The molecule has 6 aromatic rings. The molecule has 0 spiro atoms. The van der Waals surface area contributed by atoms with Crippen LogP contribution in [0.5, 0.6) is 5.75 Å². The van der Waals surface area contributed by atoms with Gasteiger partial charge in [-0.25, -0.2) is 9.18 Å². The van der Waals surface area contributed by atoms with Crippen LogP contribution in [0.3, 0.4) is 0 Å². The van der Waals surface area contributed by atoms with Gasteiger partial charge in [-0.3, -0.25) is 33.8 Å². The lowest BCUT2D eigenvalue weighted by molar-refractivity contribution is -0.134. The number of aryl methyl sites for hydroxylation is 2. The number of nitrogens with one attached hydrogen (secondary N) is 2. The lowest BCUT2D eigenvalue weighted by Crippen LogP contribution is -2.39. The van der Waals surface area contributed by atoms with Gasteiger partial charge in [0, 0.05) is 59.9 Å². The van der Waals surface area contributed by atoms with Crippen LogP contribution in [-0.2, 0) is 23.7 Å². The van der Waals surface area contributed by atoms with Gasteiger partial charge in [-0.15, -0.1) is 0 Å². The molecule has 0 saturated carbocycles. The Morgan fingerprint density at radius 2 is 1.84 bits per heavy atom. The van der Waals surface area contributed by atoms with Crippen molar-refractivity contribution < 1.29 is 27.9 Å². The maximum Gasteiger partial charge on any atom is 0.328 e. The van der Waals surface area contributed by atoms with Crippen LogP contribution < -0.4 is 21.1 Å². The highest BCUT2D eigenvalue weighted by Crippen LogP contribution is 2.44. The van der Waals surface area contributed by atoms with Gasteiger partial charge in [0.05, 0.1) is 29.8 Å². The number of fused-ring (bicyclic) bond motifs is 3. The van der Waals surface area contributed by atoms with Crippen LogP contribution in [0.4, 0.5) is 4.39 Å². The summed E-state index contributed by atoms with van der Waals surface area (Å²) in [5.41, 5.74) is 6.96. The summed E-state index contributed by atoms with van der Waals surface area (Å²) in [5.74, 6) is 4.56. The van der Waals surface area contributed by atoms with Gasteiger partial charge in [-0.05, 0) is 97.5 Å². The molecule has 5 heterocycles.